The summed E-state index contributed by atoms with van der Waals surface area (Å²) in [5.74, 6) is 4.30. The SMILES string of the molecule is C/C=C/C(=O)CCC(=O)NCCS(=O)(=O)N1CCN(Cc2cc3nc(-c4cccc5[nH]ncc45)nc(N4CCOCC4)c3s2)CC1.C/C=C/C(=O)CCCC(=O)N1CCN(Cc2cc3nc(-c4cccc5[nH]ncc45)nc(N4CCOCC4)c3s2)CC1.CN(C/C=C/C(=O)CCC(=O)N1CCN(Cc2cc3nc(-c4cccc5[nH]ncc45)nc(N4CCOCC4)c3s2)CC1)C(=O)OC(C)(C)C. The second kappa shape index (κ2) is 45.4. The molecule has 4 amide bonds. The summed E-state index contributed by atoms with van der Waals surface area (Å²) in [7, 11) is -1.91. The second-order valence-electron chi connectivity index (χ2n) is 35.3. The van der Waals surface area contributed by atoms with Crippen LogP contribution in [0, 0.1) is 0 Å². The van der Waals surface area contributed by atoms with E-state index in [-0.39, 0.29) is 79.6 Å². The van der Waals surface area contributed by atoms with Gasteiger partial charge in [-0.1, -0.05) is 54.6 Å². The zero-order valence-electron chi connectivity index (χ0n) is 77.7. The number of ketones is 3. The third kappa shape index (κ3) is 24.9. The van der Waals surface area contributed by atoms with E-state index < -0.39 is 21.7 Å². The van der Waals surface area contributed by atoms with E-state index in [4.69, 9.17) is 48.9 Å². The molecule has 0 spiro atoms. The maximum absolute atomic E-state index is 13.0. The molecule has 136 heavy (non-hydrogen) atoms. The van der Waals surface area contributed by atoms with Gasteiger partial charge in [0.2, 0.25) is 27.7 Å². The van der Waals surface area contributed by atoms with E-state index in [1.165, 1.54) is 31.1 Å². The number of carbonyl (C=O) groups is 7. The van der Waals surface area contributed by atoms with E-state index in [0.717, 1.165) is 181 Å². The van der Waals surface area contributed by atoms with Crippen LogP contribution >= 0.6 is 34.0 Å². The van der Waals surface area contributed by atoms with Crippen molar-refractivity contribution in [2.24, 2.45) is 0 Å². The molecule has 36 nitrogen and oxygen atoms in total. The fourth-order valence-electron chi connectivity index (χ4n) is 17.2. The minimum absolute atomic E-state index is 0.0141. The number of nitrogens with zero attached hydrogens (tertiary/aromatic N) is 19. The lowest BCUT2D eigenvalue weighted by Crippen LogP contribution is -2.49. The lowest BCUT2D eigenvalue weighted by molar-refractivity contribution is -0.134. The number of sulfonamides is 1. The first-order valence-corrected chi connectivity index (χ1v) is 50.6. The Kier molecular flexibility index (Phi) is 32.5. The minimum atomic E-state index is -3.52. The first-order valence-electron chi connectivity index (χ1n) is 46.5. The Bertz CT molecular complexity index is 6450. The van der Waals surface area contributed by atoms with Crippen molar-refractivity contribution in [3.63, 3.8) is 0 Å². The summed E-state index contributed by atoms with van der Waals surface area (Å²) in [6.07, 6.45) is 16.4. The van der Waals surface area contributed by atoms with E-state index >= 15 is 0 Å². The molecule has 0 radical (unpaired) electrons. The molecule has 6 aliphatic heterocycles. The standard InChI is InChI=1S/C35H44N8O5S.C31H38N8O5S2.C30H35N7O3S/c1-35(2,3)48-34(46)40(4)12-6-7-24(44)10-11-30(45)42-15-13-41(14-16-42)23-25-21-29-31(49-25)33(43-17-19-47-20-18-43)38-32(37-29)26-8-5-9-28-27(26)22-36-39-28;1-2-4-22(40)7-8-28(41)32-9-18-46(42,43)39-12-10-37(11-13-39)21-23-19-27-29(45-23)31(38-14-16-44-17-15-38)35-30(34-27)24-5-3-6-26-25(24)20-33-36-26;1-2-5-21(38)6-3-9-27(39)36-12-10-35(11-13-36)20-22-18-26-28(41-22)30(37-14-16-40-17-15-37)33-29(32-26)23-7-4-8-25-24(23)19-31-34-25/h5-9,21-22H,10-20,23H2,1-4H3,(H,36,39);2-6,19-20H,7-18,21H2,1H3,(H,32,41)(H,33,36);2,4-5,7-8,18-19H,3,6,9-17,20H2,1H3,(H,31,34)/b7-6+;4-2+;5-2+. The number of hydrogen-bond donors (Lipinski definition) is 4. The van der Waals surface area contributed by atoms with Gasteiger partial charge < -0.3 is 53.7 Å². The Morgan fingerprint density at radius 1 is 0.471 bits per heavy atom. The molecule has 3 aromatic carbocycles. The number of rotatable bonds is 31. The van der Waals surface area contributed by atoms with Crippen molar-refractivity contribution in [3.8, 4) is 34.2 Å². The highest BCUT2D eigenvalue weighted by Crippen LogP contribution is 2.41. The molecule has 6 aliphatic rings. The molecule has 6 fully saturated rings. The van der Waals surface area contributed by atoms with E-state index in [1.807, 2.05) is 77.6 Å². The topological polar surface area (TPSA) is 398 Å². The summed E-state index contributed by atoms with van der Waals surface area (Å²) in [4.78, 5) is 138. The van der Waals surface area contributed by atoms with Gasteiger partial charge in [0.1, 0.15) is 5.60 Å². The Morgan fingerprint density at radius 3 is 1.24 bits per heavy atom. The number of hydrogen-bond acceptors (Lipinski definition) is 31. The molecule has 0 unspecified atom stereocenters. The first kappa shape index (κ1) is 97.3. The summed E-state index contributed by atoms with van der Waals surface area (Å²) >= 11 is 5.17. The van der Waals surface area contributed by atoms with Crippen LogP contribution in [0.3, 0.4) is 0 Å². The van der Waals surface area contributed by atoms with Crippen LogP contribution < -0.4 is 20.0 Å². The van der Waals surface area contributed by atoms with Crippen molar-refractivity contribution in [1.29, 1.82) is 0 Å². The second-order valence-corrected chi connectivity index (χ2v) is 40.8. The van der Waals surface area contributed by atoms with E-state index in [0.29, 0.717) is 135 Å². The smallest absolute Gasteiger partial charge is 0.410 e. The molecular weight excluding hydrogens is 1810 g/mol. The monoisotopic (exact) mass is 1930 g/mol. The number of aromatic nitrogens is 12. The largest absolute Gasteiger partial charge is 0.444 e. The summed E-state index contributed by atoms with van der Waals surface area (Å²) in [6.45, 7) is 28.0. The number of likely N-dealkylation sites (N-methyl/N-ethyl adjacent to an activating group) is 1. The summed E-state index contributed by atoms with van der Waals surface area (Å²) in [5, 5.41) is 27.4. The molecule has 718 valence electrons. The van der Waals surface area contributed by atoms with Crippen LogP contribution in [0.1, 0.15) is 94.2 Å². The molecule has 0 atom stereocenters. The number of piperazine rings is 3. The van der Waals surface area contributed by atoms with Gasteiger partial charge in [0.15, 0.2) is 52.3 Å². The van der Waals surface area contributed by atoms with Gasteiger partial charge in [0, 0.05) is 244 Å². The molecule has 18 rings (SSSR count). The number of carbonyl (C=O) groups excluding carboxylic acids is 7. The number of aromatic amines is 3. The Hall–Kier alpha value is -11.8. The average Bonchev–Trinajstić information content (AvgIpc) is 1.59. The third-order valence-electron chi connectivity index (χ3n) is 24.4. The molecule has 15 heterocycles. The number of nitrogens with one attached hydrogen (secondary N) is 4. The minimum Gasteiger partial charge on any atom is -0.444 e. The fraction of sp³-hybridized carbons (Fsp3) is 0.458. The molecule has 9 aromatic heterocycles. The number of thiophene rings is 3. The Balaban J connectivity index is 0.000000148. The molecule has 6 saturated heterocycles. The normalized spacial score (nSPS) is 16.6. The van der Waals surface area contributed by atoms with Gasteiger partial charge in [-0.2, -0.15) is 19.6 Å². The van der Waals surface area contributed by atoms with Crippen LogP contribution in [-0.2, 0) is 77.4 Å². The highest BCUT2D eigenvalue weighted by atomic mass is 32.2. The average molecular weight is 1930 g/mol. The highest BCUT2D eigenvalue weighted by Gasteiger charge is 2.33. The van der Waals surface area contributed by atoms with Crippen LogP contribution in [0.2, 0.25) is 0 Å². The number of benzene rings is 3. The van der Waals surface area contributed by atoms with Crippen LogP contribution in [0.5, 0.6) is 0 Å². The van der Waals surface area contributed by atoms with Gasteiger partial charge in [-0.25, -0.2) is 43.1 Å². The zero-order valence-corrected chi connectivity index (χ0v) is 81.0. The van der Waals surface area contributed by atoms with E-state index in [1.54, 1.807) is 99.3 Å². The molecule has 0 bridgehead atoms. The quantitative estimate of drug-likeness (QED) is 0.0293. The first-order chi connectivity index (χ1) is 65.9. The number of ether oxygens (including phenoxy) is 4. The number of amides is 4. The van der Waals surface area contributed by atoms with E-state index in [9.17, 15) is 42.0 Å². The number of morpholine rings is 3. The molecule has 12 aromatic rings. The lowest BCUT2D eigenvalue weighted by Gasteiger charge is -2.34. The van der Waals surface area contributed by atoms with Gasteiger partial charge in [-0.15, -0.1) is 34.0 Å². The predicted molar refractivity (Wildman–Crippen MR) is 529 cm³/mol. The van der Waals surface area contributed by atoms with Gasteiger partial charge >= 0.3 is 6.09 Å². The van der Waals surface area contributed by atoms with Crippen molar-refractivity contribution in [2.75, 3.05) is 198 Å². The van der Waals surface area contributed by atoms with Crippen LogP contribution in [0.15, 0.2) is 128 Å². The van der Waals surface area contributed by atoms with Gasteiger partial charge in [0.05, 0.1) is 111 Å². The Labute approximate surface area is 800 Å². The molecular formula is C96H117N23O13S4. The lowest BCUT2D eigenvalue weighted by atomic mass is 10.1. The van der Waals surface area contributed by atoms with Crippen LogP contribution in [0.25, 0.3) is 97.5 Å². The summed E-state index contributed by atoms with van der Waals surface area (Å²) in [6, 6.07) is 24.6. The number of H-pyrrole nitrogens is 3. The molecule has 0 aliphatic carbocycles. The van der Waals surface area contributed by atoms with Crippen LogP contribution in [0.4, 0.5) is 22.2 Å². The molecule has 0 saturated carbocycles. The van der Waals surface area contributed by atoms with Crippen molar-refractivity contribution in [3.05, 3.63) is 142 Å². The van der Waals surface area contributed by atoms with Crippen molar-refractivity contribution >= 4 is 166 Å². The van der Waals surface area contributed by atoms with Gasteiger partial charge in [-0.05, 0) is 95.7 Å². The molecule has 40 heteroatoms. The fourth-order valence-corrected chi connectivity index (χ4v) is 22.0. The van der Waals surface area contributed by atoms with Gasteiger partial charge in [-0.3, -0.25) is 58.8 Å². The van der Waals surface area contributed by atoms with Crippen molar-refractivity contribution in [2.45, 2.75) is 105 Å². The highest BCUT2D eigenvalue weighted by molar-refractivity contribution is 7.89. The van der Waals surface area contributed by atoms with Gasteiger partial charge in [0.25, 0.3) is 0 Å². The van der Waals surface area contributed by atoms with Crippen molar-refractivity contribution in [1.82, 2.24) is 99.5 Å². The van der Waals surface area contributed by atoms with Crippen LogP contribution in [-0.4, -0.2) is 333 Å². The zero-order chi connectivity index (χ0) is 94.8. The van der Waals surface area contributed by atoms with E-state index in [2.05, 4.69) is 89.6 Å². The number of anilines is 3. The van der Waals surface area contributed by atoms with Crippen molar-refractivity contribution < 1.29 is 60.9 Å². The summed E-state index contributed by atoms with van der Waals surface area (Å²) in [5.41, 5.74) is 7.86. The predicted octanol–water partition coefficient (Wildman–Crippen LogP) is 11.1. The molecule has 4 N–H and O–H groups in total. The Morgan fingerprint density at radius 2 is 0.846 bits per heavy atom. The third-order valence-corrected chi connectivity index (χ3v) is 29.6. The maximum atomic E-state index is 13.0. The summed E-state index contributed by atoms with van der Waals surface area (Å²) < 4.78 is 52.8. The maximum Gasteiger partial charge on any atom is 0.410 e. The number of allylic oxidation sites excluding steroid dienone is 5. The number of fused-ring (bicyclic) bond motifs is 6.